The number of carbonyl (C=O) groups excluding carboxylic acids is 4. The summed E-state index contributed by atoms with van der Waals surface area (Å²) in [6.07, 6.45) is 0.759. The second kappa shape index (κ2) is 26.5. The highest BCUT2D eigenvalue weighted by molar-refractivity contribution is 8.14. The highest BCUT2D eigenvalue weighted by atomic mass is 32.2. The maximum absolute atomic E-state index is 13.9. The summed E-state index contributed by atoms with van der Waals surface area (Å²) in [5.74, 6) is 12.3. The van der Waals surface area contributed by atoms with E-state index < -0.39 is 47.4 Å². The van der Waals surface area contributed by atoms with E-state index in [9.17, 15) is 19.2 Å². The number of nitrogens with one attached hydrogen (secondary N) is 2. The van der Waals surface area contributed by atoms with E-state index in [1.165, 1.54) is 22.8 Å². The van der Waals surface area contributed by atoms with Crippen LogP contribution in [0.15, 0.2) is 105 Å². The zero-order valence-electron chi connectivity index (χ0n) is 43.2. The number of rotatable bonds is 13. The van der Waals surface area contributed by atoms with E-state index in [1.807, 2.05) is 105 Å². The zero-order chi connectivity index (χ0) is 51.8. The van der Waals surface area contributed by atoms with Crippen LogP contribution in [0.1, 0.15) is 109 Å². The Morgan fingerprint density at radius 2 is 1.14 bits per heavy atom. The number of hydrazine groups is 1. The number of nitrogens with zero attached hydrogens (tertiary/aromatic N) is 7. The number of amides is 4. The van der Waals surface area contributed by atoms with E-state index in [4.69, 9.17) is 26.3 Å². The molecular weight excluding hydrogens is 927 g/mol. The first-order valence-corrected chi connectivity index (χ1v) is 25.6. The molecule has 4 amide bonds. The Kier molecular flexibility index (Phi) is 21.6. The average molecular weight is 1000 g/mol. The van der Waals surface area contributed by atoms with Crippen molar-refractivity contribution >= 4 is 57.9 Å². The van der Waals surface area contributed by atoms with Gasteiger partial charge in [-0.05, 0) is 121 Å². The third-order valence-electron chi connectivity index (χ3n) is 10.4. The highest BCUT2D eigenvalue weighted by Gasteiger charge is 2.41. The van der Waals surface area contributed by atoms with Crippen LogP contribution in [0.5, 0.6) is 0 Å². The van der Waals surface area contributed by atoms with Crippen molar-refractivity contribution in [2.45, 2.75) is 134 Å². The molecule has 2 aliphatic rings. The molecule has 5 rings (SSSR count). The fourth-order valence-electron chi connectivity index (χ4n) is 7.56. The lowest BCUT2D eigenvalue weighted by Crippen LogP contribution is -2.48. The normalized spacial score (nSPS) is 18.4. The molecule has 0 aromatic heterocycles. The molecule has 0 radical (unpaired) electrons. The summed E-state index contributed by atoms with van der Waals surface area (Å²) in [5, 5.41) is 19.4. The molecule has 2 fully saturated rings. The molecule has 6 N–H and O–H groups in total. The fraction of sp³-hybridized carbons (Fsp3) is 0.529. The Morgan fingerprint density at radius 1 is 0.714 bits per heavy atom. The third-order valence-corrected chi connectivity index (χ3v) is 12.5. The van der Waals surface area contributed by atoms with Gasteiger partial charge in [-0.2, -0.15) is 10.2 Å². The number of ether oxygens (including phenoxy) is 2. The van der Waals surface area contributed by atoms with Crippen LogP contribution < -0.4 is 22.3 Å². The van der Waals surface area contributed by atoms with Crippen LogP contribution in [0.3, 0.4) is 0 Å². The van der Waals surface area contributed by atoms with Crippen molar-refractivity contribution in [1.29, 1.82) is 0 Å². The summed E-state index contributed by atoms with van der Waals surface area (Å²) < 4.78 is 11.6. The molecule has 70 heavy (non-hydrogen) atoms. The first kappa shape index (κ1) is 56.9. The number of likely N-dealkylation sites (tertiary alicyclic amines) is 2. The van der Waals surface area contributed by atoms with Gasteiger partial charge in [0.05, 0.1) is 18.6 Å². The van der Waals surface area contributed by atoms with Crippen molar-refractivity contribution < 1.29 is 28.7 Å². The van der Waals surface area contributed by atoms with E-state index in [0.29, 0.717) is 24.6 Å². The van der Waals surface area contributed by atoms with E-state index >= 15 is 0 Å². The Hall–Kier alpha value is -5.66. The summed E-state index contributed by atoms with van der Waals surface area (Å²) in [4.78, 5) is 62.1. The van der Waals surface area contributed by atoms with Crippen molar-refractivity contribution in [3.05, 3.63) is 96.1 Å². The number of thioether (sulfide) groups is 2. The number of benzene rings is 3. The van der Waals surface area contributed by atoms with Crippen LogP contribution in [0.2, 0.25) is 0 Å². The Morgan fingerprint density at radius 3 is 1.56 bits per heavy atom. The lowest BCUT2D eigenvalue weighted by molar-refractivity contribution is 0.0200. The summed E-state index contributed by atoms with van der Waals surface area (Å²) >= 11 is 2.83. The van der Waals surface area contributed by atoms with Gasteiger partial charge in [0.25, 0.3) is 11.8 Å². The van der Waals surface area contributed by atoms with Gasteiger partial charge in [-0.25, -0.2) is 15.4 Å². The number of carbonyl (C=O) groups is 4. The van der Waals surface area contributed by atoms with Crippen LogP contribution in [-0.2, 0) is 9.47 Å². The quantitative estimate of drug-likeness (QED) is 0.0421. The number of hydrogen-bond acceptors (Lipinski definition) is 13. The molecule has 384 valence electrons. The van der Waals surface area contributed by atoms with Gasteiger partial charge in [-0.15, -0.1) is 0 Å². The van der Waals surface area contributed by atoms with Gasteiger partial charge in [0.1, 0.15) is 11.2 Å². The van der Waals surface area contributed by atoms with Gasteiger partial charge in [0, 0.05) is 73.3 Å². The maximum Gasteiger partial charge on any atom is 0.410 e. The number of hydrogen-bond donors (Lipinski definition) is 4. The Labute approximate surface area is 424 Å². The smallest absolute Gasteiger partial charge is 0.410 e. The van der Waals surface area contributed by atoms with E-state index in [2.05, 4.69) is 43.4 Å². The summed E-state index contributed by atoms with van der Waals surface area (Å²) in [6.45, 7) is 21.2. The second-order valence-corrected chi connectivity index (χ2v) is 22.3. The summed E-state index contributed by atoms with van der Waals surface area (Å²) in [5.41, 5.74) is -0.932. The van der Waals surface area contributed by atoms with Crippen LogP contribution in [-0.4, -0.2) is 141 Å². The number of amidine groups is 2. The predicted molar refractivity (Wildman–Crippen MR) is 282 cm³/mol. The number of nitrogens with two attached hydrogens (primary N) is 2. The minimum absolute atomic E-state index is 0.165. The molecule has 0 saturated carbocycles. The van der Waals surface area contributed by atoms with E-state index in [0.717, 1.165) is 33.8 Å². The molecule has 3 aromatic rings. The van der Waals surface area contributed by atoms with E-state index in [1.54, 1.807) is 60.5 Å². The first-order valence-electron chi connectivity index (χ1n) is 23.9. The molecule has 2 unspecified atom stereocenters. The van der Waals surface area contributed by atoms with Crippen molar-refractivity contribution in [2.24, 2.45) is 27.8 Å². The lowest BCUT2D eigenvalue weighted by atomic mass is 10.1. The second-order valence-electron chi connectivity index (χ2n) is 20.2. The molecule has 3 aromatic carbocycles. The van der Waals surface area contributed by atoms with Gasteiger partial charge < -0.3 is 40.6 Å². The van der Waals surface area contributed by atoms with Gasteiger partial charge in [0.15, 0.2) is 5.17 Å². The molecule has 0 bridgehead atoms. The Bertz CT molecular complexity index is 2220. The minimum Gasteiger partial charge on any atom is -0.444 e. The molecule has 2 saturated heterocycles. The highest BCUT2D eigenvalue weighted by Crippen LogP contribution is 2.28. The fourth-order valence-corrected chi connectivity index (χ4v) is 9.22. The minimum atomic E-state index is -0.756. The molecule has 0 aliphatic carbocycles. The predicted octanol–water partition coefficient (Wildman–Crippen LogP) is 8.10. The van der Waals surface area contributed by atoms with Crippen LogP contribution >= 0.6 is 23.5 Å². The van der Waals surface area contributed by atoms with Gasteiger partial charge in [-0.3, -0.25) is 19.6 Å². The largest absolute Gasteiger partial charge is 0.444 e. The zero-order valence-corrected chi connectivity index (χ0v) is 44.8. The standard InChI is InChI=1S/C47H67N11O6S2.C4H10/c1-10-24-55(9)53-43(66-39-22-15-12-16-23-39)54(8)30-36-26-34(28-56(36)44(61)63-46(2,3)4)50-40(59)32-18-17-19-33(25-32)41(60)51-35-27-37(57(29-35)45(62)64-47(5,6)7)31-58(49)42(52-48)65-38-20-13-11-14-21-38;1-4(2)3/h11-23,25,34-37H,10,24,26-31,48-49H2,1-9H3,(H,50,59)(H,51,60);4H,1-3H3/b52-42+,53-43+;/t34?,35-,36?,37-;/m0./s1. The first-order chi connectivity index (χ1) is 32.9. The number of likely N-dealkylation sites (N-methyl/N-ethyl adjacent to an activating group) is 1. The maximum atomic E-state index is 13.9. The van der Waals surface area contributed by atoms with Crippen molar-refractivity contribution in [3.63, 3.8) is 0 Å². The Balaban J connectivity index is 0.00000256. The summed E-state index contributed by atoms with van der Waals surface area (Å²) in [6, 6.07) is 24.3. The topological polar surface area (TPSA) is 204 Å². The van der Waals surface area contributed by atoms with Crippen molar-refractivity contribution in [1.82, 2.24) is 35.4 Å². The van der Waals surface area contributed by atoms with Crippen LogP contribution in [0.25, 0.3) is 0 Å². The van der Waals surface area contributed by atoms with Crippen molar-refractivity contribution in [2.75, 3.05) is 46.8 Å². The molecule has 17 nitrogen and oxygen atoms in total. The molecule has 4 atom stereocenters. The van der Waals surface area contributed by atoms with Gasteiger partial charge >= 0.3 is 12.2 Å². The van der Waals surface area contributed by atoms with Crippen molar-refractivity contribution in [3.8, 4) is 0 Å². The van der Waals surface area contributed by atoms with Gasteiger partial charge in [-0.1, -0.05) is 81.9 Å². The number of hydrazone groups is 2. The van der Waals surface area contributed by atoms with Gasteiger partial charge in [0.2, 0.25) is 5.17 Å². The van der Waals surface area contributed by atoms with Crippen LogP contribution in [0, 0.1) is 5.92 Å². The summed E-state index contributed by atoms with van der Waals surface area (Å²) in [7, 11) is 3.90. The third kappa shape index (κ3) is 18.9. The molecule has 0 spiro atoms. The average Bonchev–Trinajstić information content (AvgIpc) is 3.87. The SMILES string of the molecule is CC(C)C.CCCN(C)/N=C(/Sc1ccccc1)N(C)CC1CC(NC(=O)c2cccc(C(=O)N[C@H]3C[C@@H](CN(N)/C(=N\N)Sc4ccccc4)N(C(=O)OC(C)(C)C)C3)c2)CN1C(=O)OC(C)(C)C. The monoisotopic (exact) mass is 1000 g/mol. The lowest BCUT2D eigenvalue weighted by Gasteiger charge is -2.32. The molecular formula is C51H77N11O6S2. The van der Waals surface area contributed by atoms with E-state index in [-0.39, 0.29) is 42.7 Å². The molecule has 2 aliphatic heterocycles. The molecule has 19 heteroatoms. The molecule has 2 heterocycles. The van der Waals surface area contributed by atoms with Crippen LogP contribution in [0.4, 0.5) is 9.59 Å².